The third-order valence-corrected chi connectivity index (χ3v) is 4.91. The zero-order valence-electron chi connectivity index (χ0n) is 14.9. The van der Waals surface area contributed by atoms with Crippen LogP contribution in [0.25, 0.3) is 0 Å². The fourth-order valence-electron chi connectivity index (χ4n) is 2.60. The first-order valence-electron chi connectivity index (χ1n) is 8.44. The average molecular weight is 376 g/mol. The molecule has 1 amide bonds. The van der Waals surface area contributed by atoms with Crippen molar-refractivity contribution in [2.24, 2.45) is 5.14 Å². The predicted octanol–water partition coefficient (Wildman–Crippen LogP) is 2.54. The second-order valence-corrected chi connectivity index (χ2v) is 7.51. The maximum Gasteiger partial charge on any atom is 0.238 e. The summed E-state index contributed by atoms with van der Waals surface area (Å²) >= 11 is 0. The van der Waals surface area contributed by atoms with E-state index in [0.717, 1.165) is 16.9 Å². The Morgan fingerprint density at radius 2 is 1.81 bits per heavy atom. The van der Waals surface area contributed by atoms with Crippen molar-refractivity contribution in [3.63, 3.8) is 0 Å². The Balaban J connectivity index is 1.93. The van der Waals surface area contributed by atoms with Crippen LogP contribution in [0.5, 0.6) is 5.75 Å². The van der Waals surface area contributed by atoms with E-state index in [4.69, 9.17) is 9.88 Å². The van der Waals surface area contributed by atoms with E-state index in [2.05, 4.69) is 5.32 Å². The molecule has 0 aliphatic rings. The van der Waals surface area contributed by atoms with E-state index >= 15 is 0 Å². The van der Waals surface area contributed by atoms with Gasteiger partial charge in [-0.2, -0.15) is 0 Å². The summed E-state index contributed by atoms with van der Waals surface area (Å²) in [5, 5.41) is 8.00. The van der Waals surface area contributed by atoms with Gasteiger partial charge in [-0.25, -0.2) is 13.6 Å². The third kappa shape index (κ3) is 5.57. The van der Waals surface area contributed by atoms with Crippen LogP contribution in [0.3, 0.4) is 0 Å². The van der Waals surface area contributed by atoms with Gasteiger partial charge in [-0.1, -0.05) is 30.3 Å². The standard InChI is InChI=1S/C19H24N2O4S/c1-3-25-18-7-5-4-6-16(18)10-13-19(22)21-14(2)15-8-11-17(12-9-15)26(20,23)24/h4-9,11-12,14H,3,10,13H2,1-2H3,(H,21,22)(H2,20,23,24). The molecule has 2 aromatic rings. The number of benzene rings is 2. The highest BCUT2D eigenvalue weighted by Gasteiger charge is 2.13. The van der Waals surface area contributed by atoms with Crippen molar-refractivity contribution < 1.29 is 17.9 Å². The van der Waals surface area contributed by atoms with E-state index in [1.807, 2.05) is 38.1 Å². The van der Waals surface area contributed by atoms with Gasteiger partial charge in [0.1, 0.15) is 5.75 Å². The molecule has 0 fully saturated rings. The van der Waals surface area contributed by atoms with Crippen LogP contribution < -0.4 is 15.2 Å². The van der Waals surface area contributed by atoms with Crippen LogP contribution in [0.1, 0.15) is 37.4 Å². The van der Waals surface area contributed by atoms with Gasteiger partial charge in [0.15, 0.2) is 0 Å². The van der Waals surface area contributed by atoms with Crippen LogP contribution in [0.15, 0.2) is 53.4 Å². The van der Waals surface area contributed by atoms with Crippen molar-refractivity contribution in [2.45, 2.75) is 37.6 Å². The Morgan fingerprint density at radius 1 is 1.15 bits per heavy atom. The fraction of sp³-hybridized carbons (Fsp3) is 0.316. The van der Waals surface area contributed by atoms with E-state index < -0.39 is 10.0 Å². The molecule has 1 unspecified atom stereocenters. The minimum Gasteiger partial charge on any atom is -0.494 e. The van der Waals surface area contributed by atoms with Gasteiger partial charge in [-0.15, -0.1) is 0 Å². The van der Waals surface area contributed by atoms with E-state index in [1.54, 1.807) is 12.1 Å². The zero-order valence-corrected chi connectivity index (χ0v) is 15.8. The molecule has 0 heterocycles. The van der Waals surface area contributed by atoms with Gasteiger partial charge < -0.3 is 10.1 Å². The smallest absolute Gasteiger partial charge is 0.238 e. The van der Waals surface area contributed by atoms with E-state index in [-0.39, 0.29) is 16.8 Å². The number of carbonyl (C=O) groups is 1. The lowest BCUT2D eigenvalue weighted by Gasteiger charge is -2.15. The summed E-state index contributed by atoms with van der Waals surface area (Å²) in [6.45, 7) is 4.35. The number of ether oxygens (including phenoxy) is 1. The van der Waals surface area contributed by atoms with Crippen molar-refractivity contribution in [3.8, 4) is 5.75 Å². The molecule has 0 aliphatic carbocycles. The number of para-hydroxylation sites is 1. The fourth-order valence-corrected chi connectivity index (χ4v) is 3.11. The number of aryl methyl sites for hydroxylation is 1. The molecule has 26 heavy (non-hydrogen) atoms. The molecule has 2 aromatic carbocycles. The van der Waals surface area contributed by atoms with Crippen LogP contribution >= 0.6 is 0 Å². The lowest BCUT2D eigenvalue weighted by Crippen LogP contribution is -2.27. The normalized spacial score (nSPS) is 12.4. The topological polar surface area (TPSA) is 98.5 Å². The summed E-state index contributed by atoms with van der Waals surface area (Å²) in [4.78, 5) is 12.3. The van der Waals surface area contributed by atoms with Crippen LogP contribution in [0.2, 0.25) is 0 Å². The number of primary sulfonamides is 1. The second kappa shape index (κ2) is 8.82. The largest absolute Gasteiger partial charge is 0.494 e. The molecule has 0 aliphatic heterocycles. The Kier molecular flexibility index (Phi) is 6.76. The van der Waals surface area contributed by atoms with Crippen molar-refractivity contribution in [3.05, 3.63) is 59.7 Å². The molecule has 0 aromatic heterocycles. The summed E-state index contributed by atoms with van der Waals surface area (Å²) in [6.07, 6.45) is 0.919. The van der Waals surface area contributed by atoms with Gasteiger partial charge in [-0.05, 0) is 49.6 Å². The molecule has 0 radical (unpaired) electrons. The summed E-state index contributed by atoms with van der Waals surface area (Å²) in [5.41, 5.74) is 1.80. The number of rotatable bonds is 8. The first kappa shape index (κ1) is 19.9. The molecular weight excluding hydrogens is 352 g/mol. The predicted molar refractivity (Wildman–Crippen MR) is 100 cm³/mol. The van der Waals surface area contributed by atoms with Crippen LogP contribution in [-0.4, -0.2) is 20.9 Å². The Bertz CT molecular complexity index is 848. The second-order valence-electron chi connectivity index (χ2n) is 5.94. The van der Waals surface area contributed by atoms with E-state index in [0.29, 0.717) is 19.4 Å². The summed E-state index contributed by atoms with van der Waals surface area (Å²) in [6, 6.07) is 13.6. The van der Waals surface area contributed by atoms with Crippen molar-refractivity contribution >= 4 is 15.9 Å². The van der Waals surface area contributed by atoms with Crippen LogP contribution in [-0.2, 0) is 21.2 Å². The van der Waals surface area contributed by atoms with Crippen molar-refractivity contribution in [1.29, 1.82) is 0 Å². The van der Waals surface area contributed by atoms with Crippen molar-refractivity contribution in [1.82, 2.24) is 5.32 Å². The highest BCUT2D eigenvalue weighted by molar-refractivity contribution is 7.89. The maximum atomic E-state index is 12.2. The van der Waals surface area contributed by atoms with E-state index in [1.165, 1.54) is 12.1 Å². The molecule has 0 bridgehead atoms. The monoisotopic (exact) mass is 376 g/mol. The highest BCUT2D eigenvalue weighted by Crippen LogP contribution is 2.20. The maximum absolute atomic E-state index is 12.2. The molecule has 1 atom stereocenters. The molecule has 140 valence electrons. The minimum absolute atomic E-state index is 0.0484. The quantitative estimate of drug-likeness (QED) is 0.740. The van der Waals surface area contributed by atoms with E-state index in [9.17, 15) is 13.2 Å². The summed E-state index contributed by atoms with van der Waals surface area (Å²) in [7, 11) is -3.72. The van der Waals surface area contributed by atoms with Gasteiger partial charge in [-0.3, -0.25) is 4.79 Å². The lowest BCUT2D eigenvalue weighted by atomic mass is 10.1. The number of hydrogen-bond donors (Lipinski definition) is 2. The van der Waals surface area contributed by atoms with Gasteiger partial charge >= 0.3 is 0 Å². The minimum atomic E-state index is -3.72. The summed E-state index contributed by atoms with van der Waals surface area (Å²) in [5.74, 6) is 0.716. The lowest BCUT2D eigenvalue weighted by molar-refractivity contribution is -0.121. The number of nitrogens with two attached hydrogens (primary N) is 1. The molecule has 0 saturated heterocycles. The van der Waals surface area contributed by atoms with Crippen LogP contribution in [0.4, 0.5) is 0 Å². The molecule has 6 nitrogen and oxygen atoms in total. The Morgan fingerprint density at radius 3 is 2.42 bits per heavy atom. The highest BCUT2D eigenvalue weighted by atomic mass is 32.2. The molecule has 0 saturated carbocycles. The molecule has 2 rings (SSSR count). The van der Waals surface area contributed by atoms with Crippen molar-refractivity contribution in [2.75, 3.05) is 6.61 Å². The average Bonchev–Trinajstić information content (AvgIpc) is 2.60. The first-order chi connectivity index (χ1) is 12.3. The number of amides is 1. The molecule has 7 heteroatoms. The van der Waals surface area contributed by atoms with Gasteiger partial charge in [0.05, 0.1) is 17.5 Å². The zero-order chi connectivity index (χ0) is 19.2. The van der Waals surface area contributed by atoms with Gasteiger partial charge in [0.25, 0.3) is 0 Å². The SMILES string of the molecule is CCOc1ccccc1CCC(=O)NC(C)c1ccc(S(N)(=O)=O)cc1. The number of carbonyl (C=O) groups excluding carboxylic acids is 1. The number of hydrogen-bond acceptors (Lipinski definition) is 4. The first-order valence-corrected chi connectivity index (χ1v) is 9.98. The van der Waals surface area contributed by atoms with Crippen LogP contribution in [0, 0.1) is 0 Å². The van der Waals surface area contributed by atoms with Gasteiger partial charge in [0, 0.05) is 6.42 Å². The molecular formula is C19H24N2O4S. The number of nitrogens with one attached hydrogen (secondary N) is 1. The van der Waals surface area contributed by atoms with Gasteiger partial charge in [0.2, 0.25) is 15.9 Å². The molecule has 3 N–H and O–H groups in total. The summed E-state index contributed by atoms with van der Waals surface area (Å²) < 4.78 is 28.1. The number of sulfonamides is 1. The molecule has 0 spiro atoms. The Labute approximate surface area is 154 Å². The third-order valence-electron chi connectivity index (χ3n) is 3.98. The Hall–Kier alpha value is -2.38.